The summed E-state index contributed by atoms with van der Waals surface area (Å²) < 4.78 is 0. The van der Waals surface area contributed by atoms with Crippen LogP contribution in [0.15, 0.2) is 30.5 Å². The summed E-state index contributed by atoms with van der Waals surface area (Å²) in [5.41, 5.74) is 7.28. The maximum absolute atomic E-state index is 12.7. The van der Waals surface area contributed by atoms with Gasteiger partial charge in [0.1, 0.15) is 12.1 Å². The Morgan fingerprint density at radius 1 is 1.10 bits per heavy atom. The molecule has 2 rings (SSSR count). The van der Waals surface area contributed by atoms with E-state index in [1.165, 1.54) is 11.8 Å². The summed E-state index contributed by atoms with van der Waals surface area (Å²) in [4.78, 5) is 50.8. The quantitative estimate of drug-likeness (QED) is 0.268. The van der Waals surface area contributed by atoms with Crippen LogP contribution in [0.4, 0.5) is 0 Å². The average molecular weight is 451 g/mol. The molecule has 0 fully saturated rings. The number of carboxylic acid groups (broad SMARTS) is 2. The monoisotopic (exact) mass is 450 g/mol. The predicted octanol–water partition coefficient (Wildman–Crippen LogP) is 0.320. The highest BCUT2D eigenvalue weighted by molar-refractivity contribution is 7.98. The lowest BCUT2D eigenvalue weighted by Gasteiger charge is -2.22. The predicted molar refractivity (Wildman–Crippen MR) is 117 cm³/mol. The molecule has 0 radical (unpaired) electrons. The number of rotatable bonds is 12. The van der Waals surface area contributed by atoms with E-state index in [1.54, 1.807) is 6.20 Å². The fourth-order valence-corrected chi connectivity index (χ4v) is 3.52. The van der Waals surface area contributed by atoms with Crippen molar-refractivity contribution in [3.63, 3.8) is 0 Å². The molecule has 7 N–H and O–H groups in total. The fourth-order valence-electron chi connectivity index (χ4n) is 3.03. The fraction of sp³-hybridized carbons (Fsp3) is 0.400. The lowest BCUT2D eigenvalue weighted by atomic mass is 10.0. The molecule has 0 spiro atoms. The number of nitrogens with one attached hydrogen (secondary N) is 3. The van der Waals surface area contributed by atoms with E-state index < -0.39 is 48.3 Å². The third-order valence-electron chi connectivity index (χ3n) is 4.70. The van der Waals surface area contributed by atoms with Crippen LogP contribution >= 0.6 is 11.8 Å². The smallest absolute Gasteiger partial charge is 0.326 e. The van der Waals surface area contributed by atoms with Gasteiger partial charge in [0.2, 0.25) is 11.8 Å². The average Bonchev–Trinajstić information content (AvgIpc) is 3.13. The van der Waals surface area contributed by atoms with Gasteiger partial charge in [-0.25, -0.2) is 4.79 Å². The molecule has 168 valence electrons. The molecule has 1 aromatic carbocycles. The highest BCUT2D eigenvalue weighted by atomic mass is 32.2. The van der Waals surface area contributed by atoms with Crippen LogP contribution in [-0.2, 0) is 25.6 Å². The topological polar surface area (TPSA) is 175 Å². The molecule has 0 aliphatic heterocycles. The van der Waals surface area contributed by atoms with Gasteiger partial charge in [0.05, 0.1) is 12.5 Å². The van der Waals surface area contributed by atoms with Gasteiger partial charge < -0.3 is 31.6 Å². The summed E-state index contributed by atoms with van der Waals surface area (Å²) >= 11 is 1.50. The number of hydrogen-bond acceptors (Lipinski definition) is 6. The van der Waals surface area contributed by atoms with Crippen molar-refractivity contribution in [3.8, 4) is 0 Å². The number of para-hydroxylation sites is 1. The van der Waals surface area contributed by atoms with Gasteiger partial charge >= 0.3 is 11.9 Å². The van der Waals surface area contributed by atoms with Crippen molar-refractivity contribution >= 4 is 46.4 Å². The minimum Gasteiger partial charge on any atom is -0.481 e. The van der Waals surface area contributed by atoms with Gasteiger partial charge in [-0.05, 0) is 30.1 Å². The Labute approximate surface area is 182 Å². The van der Waals surface area contributed by atoms with Crippen LogP contribution in [0.3, 0.4) is 0 Å². The summed E-state index contributed by atoms with van der Waals surface area (Å²) in [5, 5.41) is 24.2. The normalized spacial score (nSPS) is 13.9. The molecule has 3 unspecified atom stereocenters. The highest BCUT2D eigenvalue weighted by Crippen LogP contribution is 2.19. The van der Waals surface area contributed by atoms with Crippen LogP contribution in [0.1, 0.15) is 18.4 Å². The molecular weight excluding hydrogens is 424 g/mol. The van der Waals surface area contributed by atoms with Crippen molar-refractivity contribution < 1.29 is 29.4 Å². The highest BCUT2D eigenvalue weighted by Gasteiger charge is 2.30. The molecule has 10 nitrogen and oxygen atoms in total. The van der Waals surface area contributed by atoms with Crippen molar-refractivity contribution in [2.24, 2.45) is 5.73 Å². The molecule has 0 aliphatic carbocycles. The maximum Gasteiger partial charge on any atom is 0.326 e. The van der Waals surface area contributed by atoms with Crippen LogP contribution in [0, 0.1) is 0 Å². The van der Waals surface area contributed by atoms with E-state index in [1.807, 2.05) is 30.5 Å². The second-order valence-corrected chi connectivity index (χ2v) is 8.00. The second kappa shape index (κ2) is 11.4. The molecule has 2 aromatic rings. The molecule has 11 heteroatoms. The number of hydrogen-bond donors (Lipinski definition) is 6. The SMILES string of the molecule is CSCCC(N)C(=O)NC(CC(=O)O)C(=O)NC(Cc1c[nH]c2ccccc12)C(=O)O. The zero-order chi connectivity index (χ0) is 23.0. The van der Waals surface area contributed by atoms with Crippen molar-refractivity contribution in [1.82, 2.24) is 15.6 Å². The first kappa shape index (κ1) is 24.2. The number of carbonyl (C=O) groups is 4. The van der Waals surface area contributed by atoms with Crippen LogP contribution in [0.25, 0.3) is 10.9 Å². The summed E-state index contributed by atoms with van der Waals surface area (Å²) in [6.07, 6.45) is 3.14. The van der Waals surface area contributed by atoms with Crippen LogP contribution in [0.5, 0.6) is 0 Å². The van der Waals surface area contributed by atoms with Crippen molar-refractivity contribution in [1.29, 1.82) is 0 Å². The molecule has 0 saturated heterocycles. The van der Waals surface area contributed by atoms with Gasteiger partial charge in [0.15, 0.2) is 0 Å². The van der Waals surface area contributed by atoms with Crippen molar-refractivity contribution in [3.05, 3.63) is 36.0 Å². The first-order valence-electron chi connectivity index (χ1n) is 9.57. The minimum absolute atomic E-state index is 0.0218. The van der Waals surface area contributed by atoms with Gasteiger partial charge in [-0.3, -0.25) is 14.4 Å². The molecule has 0 aliphatic rings. The Morgan fingerprint density at radius 3 is 2.42 bits per heavy atom. The number of carboxylic acids is 2. The molecular formula is C20H26N4O6S. The molecule has 0 saturated carbocycles. The zero-order valence-electron chi connectivity index (χ0n) is 17.0. The number of amides is 2. The second-order valence-electron chi connectivity index (χ2n) is 7.01. The molecule has 2 amide bonds. The van der Waals surface area contributed by atoms with E-state index in [4.69, 9.17) is 10.8 Å². The summed E-state index contributed by atoms with van der Waals surface area (Å²) in [6, 6.07) is 3.64. The molecule has 31 heavy (non-hydrogen) atoms. The van der Waals surface area contributed by atoms with Gasteiger partial charge in [-0.1, -0.05) is 18.2 Å². The number of fused-ring (bicyclic) bond motifs is 1. The van der Waals surface area contributed by atoms with E-state index in [0.29, 0.717) is 17.7 Å². The third-order valence-corrected chi connectivity index (χ3v) is 5.34. The summed E-state index contributed by atoms with van der Waals surface area (Å²) in [7, 11) is 0. The number of H-pyrrole nitrogens is 1. The molecule has 0 bridgehead atoms. The Balaban J connectivity index is 2.11. The standard InChI is InChI=1S/C20H26N4O6S/c1-31-7-6-13(21)18(27)23-15(9-17(25)26)19(28)24-16(20(29)30)8-11-10-22-14-5-3-2-4-12(11)14/h2-5,10,13,15-16,22H,6-9,21H2,1H3,(H,23,27)(H,24,28)(H,25,26)(H,29,30). The van der Waals surface area contributed by atoms with Gasteiger partial charge in [0, 0.05) is 23.5 Å². The largest absolute Gasteiger partial charge is 0.481 e. The van der Waals surface area contributed by atoms with Gasteiger partial charge in [-0.2, -0.15) is 11.8 Å². The van der Waals surface area contributed by atoms with E-state index >= 15 is 0 Å². The number of aliphatic carboxylic acids is 2. The summed E-state index contributed by atoms with van der Waals surface area (Å²) in [5.74, 6) is -3.55. The maximum atomic E-state index is 12.7. The van der Waals surface area contributed by atoms with Crippen LogP contribution < -0.4 is 16.4 Å². The molecule has 1 aromatic heterocycles. The number of thioether (sulfide) groups is 1. The zero-order valence-corrected chi connectivity index (χ0v) is 17.8. The minimum atomic E-state index is -1.45. The van der Waals surface area contributed by atoms with Crippen LogP contribution in [-0.4, -0.2) is 69.1 Å². The Kier molecular flexibility index (Phi) is 8.88. The van der Waals surface area contributed by atoms with Crippen molar-refractivity contribution in [2.75, 3.05) is 12.0 Å². The van der Waals surface area contributed by atoms with E-state index in [-0.39, 0.29) is 6.42 Å². The third kappa shape index (κ3) is 7.00. The lowest BCUT2D eigenvalue weighted by Crippen LogP contribution is -2.55. The van der Waals surface area contributed by atoms with Crippen LogP contribution in [0.2, 0.25) is 0 Å². The first-order valence-corrected chi connectivity index (χ1v) is 11.0. The Bertz CT molecular complexity index is 947. The number of aromatic nitrogens is 1. The first-order chi connectivity index (χ1) is 14.7. The number of carbonyl (C=O) groups excluding carboxylic acids is 2. The Hall–Kier alpha value is -3.05. The molecule has 1 heterocycles. The van der Waals surface area contributed by atoms with E-state index in [0.717, 1.165) is 10.9 Å². The van der Waals surface area contributed by atoms with Crippen molar-refractivity contribution in [2.45, 2.75) is 37.4 Å². The van der Waals surface area contributed by atoms with Gasteiger partial charge in [-0.15, -0.1) is 0 Å². The number of nitrogens with two attached hydrogens (primary N) is 1. The Morgan fingerprint density at radius 2 is 1.77 bits per heavy atom. The molecule has 3 atom stereocenters. The van der Waals surface area contributed by atoms with E-state index in [9.17, 15) is 24.3 Å². The summed E-state index contributed by atoms with van der Waals surface area (Å²) in [6.45, 7) is 0. The number of aromatic amines is 1. The number of benzene rings is 1. The van der Waals surface area contributed by atoms with Gasteiger partial charge in [0.25, 0.3) is 0 Å². The van der Waals surface area contributed by atoms with E-state index in [2.05, 4.69) is 15.6 Å². The lowest BCUT2D eigenvalue weighted by molar-refractivity contribution is -0.143.